The number of phenolic OH excluding ortho intramolecular Hbond substituents is 2. The van der Waals surface area contributed by atoms with Crippen molar-refractivity contribution in [2.75, 3.05) is 5.75 Å². The van der Waals surface area contributed by atoms with Crippen LogP contribution in [0.15, 0.2) is 65.1 Å². The van der Waals surface area contributed by atoms with E-state index in [0.29, 0.717) is 21.8 Å². The van der Waals surface area contributed by atoms with Crippen molar-refractivity contribution < 1.29 is 15.0 Å². The molecule has 0 spiro atoms. The van der Waals surface area contributed by atoms with Gasteiger partial charge in [0.1, 0.15) is 0 Å². The molecule has 2 aromatic heterocycles. The molecule has 9 heteroatoms. The average Bonchev–Trinajstić information content (AvgIpc) is 3.15. The number of aromatic hydroxyl groups is 2. The Morgan fingerprint density at radius 2 is 1.93 bits per heavy atom. The lowest BCUT2D eigenvalue weighted by Gasteiger charge is -2.09. The van der Waals surface area contributed by atoms with Gasteiger partial charge in [-0.15, -0.1) is 16.8 Å². The van der Waals surface area contributed by atoms with Crippen molar-refractivity contribution in [3.63, 3.8) is 0 Å². The molecule has 4 aromatic rings. The quantitative estimate of drug-likeness (QED) is 0.218. The van der Waals surface area contributed by atoms with Gasteiger partial charge in [-0.1, -0.05) is 30.0 Å². The van der Waals surface area contributed by atoms with Crippen molar-refractivity contribution >= 4 is 34.2 Å². The Balaban J connectivity index is 1.75. The van der Waals surface area contributed by atoms with Crippen LogP contribution >= 0.6 is 11.8 Å². The molecular weight excluding hydrogens is 392 g/mol. The van der Waals surface area contributed by atoms with E-state index in [1.807, 2.05) is 6.07 Å². The number of hydrogen-bond donors (Lipinski definition) is 2. The predicted octanol–water partition coefficient (Wildman–Crippen LogP) is 2.62. The normalized spacial score (nSPS) is 11.2. The molecule has 2 N–H and O–H groups in total. The zero-order valence-electron chi connectivity index (χ0n) is 15.1. The number of benzene rings is 2. The topological polar surface area (TPSA) is 110 Å². The second-order valence-electron chi connectivity index (χ2n) is 6.25. The summed E-state index contributed by atoms with van der Waals surface area (Å²) in [7, 11) is 0. The summed E-state index contributed by atoms with van der Waals surface area (Å²) in [5.74, 6) is -0.478. The maximum absolute atomic E-state index is 12.8. The van der Waals surface area contributed by atoms with Crippen LogP contribution in [-0.2, 0) is 6.54 Å². The van der Waals surface area contributed by atoms with Gasteiger partial charge in [0, 0.05) is 12.1 Å². The summed E-state index contributed by atoms with van der Waals surface area (Å²) in [5, 5.41) is 28.3. The summed E-state index contributed by atoms with van der Waals surface area (Å²) in [6, 6.07) is 11.1. The number of rotatable bonds is 6. The maximum Gasteiger partial charge on any atom is 0.263 e. The molecule has 0 atom stereocenters. The zero-order chi connectivity index (χ0) is 20.5. The van der Waals surface area contributed by atoms with Crippen LogP contribution in [0.1, 0.15) is 10.4 Å². The maximum atomic E-state index is 12.8. The van der Waals surface area contributed by atoms with Crippen molar-refractivity contribution in [2.24, 2.45) is 0 Å². The number of phenols is 2. The third kappa shape index (κ3) is 3.25. The van der Waals surface area contributed by atoms with Crippen molar-refractivity contribution in [3.05, 3.63) is 71.0 Å². The third-order valence-electron chi connectivity index (χ3n) is 4.42. The fourth-order valence-corrected chi connectivity index (χ4v) is 3.87. The van der Waals surface area contributed by atoms with E-state index in [4.69, 9.17) is 0 Å². The molecule has 0 aliphatic heterocycles. The number of thioether (sulfide) groups is 1. The van der Waals surface area contributed by atoms with E-state index in [1.54, 1.807) is 28.7 Å². The highest BCUT2D eigenvalue weighted by Gasteiger charge is 2.17. The van der Waals surface area contributed by atoms with Crippen LogP contribution < -0.4 is 5.56 Å². The van der Waals surface area contributed by atoms with Crippen LogP contribution in [0.2, 0.25) is 0 Å². The Morgan fingerprint density at radius 3 is 2.69 bits per heavy atom. The fraction of sp³-hybridized carbons (Fsp3) is 0.100. The highest BCUT2D eigenvalue weighted by molar-refractivity contribution is 7.99. The highest BCUT2D eigenvalue weighted by atomic mass is 32.2. The number of hydrogen-bond acceptors (Lipinski definition) is 7. The number of fused-ring (bicyclic) bond motifs is 3. The highest BCUT2D eigenvalue weighted by Crippen LogP contribution is 2.27. The zero-order valence-corrected chi connectivity index (χ0v) is 16.0. The molecule has 0 unspecified atom stereocenters. The van der Waals surface area contributed by atoms with Crippen LogP contribution in [0.25, 0.3) is 16.7 Å². The Hall–Kier alpha value is -3.59. The summed E-state index contributed by atoms with van der Waals surface area (Å²) in [6.07, 6.45) is 1.61. The second-order valence-corrected chi connectivity index (χ2v) is 7.20. The minimum atomic E-state index is -0.354. The Morgan fingerprint density at radius 1 is 1.14 bits per heavy atom. The number of aromatic nitrogens is 4. The van der Waals surface area contributed by atoms with E-state index in [-0.39, 0.29) is 40.7 Å². The molecule has 0 aliphatic carbocycles. The molecule has 4 rings (SSSR count). The first kappa shape index (κ1) is 18.8. The van der Waals surface area contributed by atoms with Crippen LogP contribution in [0, 0.1) is 0 Å². The van der Waals surface area contributed by atoms with E-state index in [1.165, 1.54) is 34.5 Å². The standard InChI is InChI=1S/C20H16N4O4S/c1-2-9-23-18(28)13-5-3-4-6-14(13)24-19(23)21-22-20(24)29-11-17(27)12-7-8-15(25)16(26)10-12/h2-8,10,25-26H,1,9,11H2. The van der Waals surface area contributed by atoms with Gasteiger partial charge in [0.2, 0.25) is 5.78 Å². The molecule has 0 bridgehead atoms. The van der Waals surface area contributed by atoms with Crippen LogP contribution in [0.4, 0.5) is 0 Å². The van der Waals surface area contributed by atoms with Gasteiger partial charge in [-0.25, -0.2) is 0 Å². The number of Topliss-reactive ketones (excluding diaryl/α,β-unsaturated/α-hetero) is 1. The fourth-order valence-electron chi connectivity index (χ4n) is 3.03. The minimum Gasteiger partial charge on any atom is -0.504 e. The van der Waals surface area contributed by atoms with Gasteiger partial charge in [0.25, 0.3) is 5.56 Å². The Kier molecular flexibility index (Phi) is 4.81. The van der Waals surface area contributed by atoms with Gasteiger partial charge in [-0.05, 0) is 30.3 Å². The lowest BCUT2D eigenvalue weighted by atomic mass is 10.1. The lowest BCUT2D eigenvalue weighted by molar-refractivity contribution is 0.102. The Bertz CT molecular complexity index is 1330. The minimum absolute atomic E-state index is 0.0416. The van der Waals surface area contributed by atoms with E-state index in [0.717, 1.165) is 0 Å². The van der Waals surface area contributed by atoms with Gasteiger partial charge in [0.15, 0.2) is 22.4 Å². The van der Waals surface area contributed by atoms with E-state index >= 15 is 0 Å². The number of para-hydroxylation sites is 1. The van der Waals surface area contributed by atoms with E-state index in [9.17, 15) is 19.8 Å². The summed E-state index contributed by atoms with van der Waals surface area (Å²) in [4.78, 5) is 25.3. The molecule has 0 radical (unpaired) electrons. The largest absolute Gasteiger partial charge is 0.504 e. The monoisotopic (exact) mass is 408 g/mol. The molecule has 2 aromatic carbocycles. The first-order valence-electron chi connectivity index (χ1n) is 8.67. The number of carbonyl (C=O) groups excluding carboxylic acids is 1. The molecule has 0 aliphatic rings. The first-order chi connectivity index (χ1) is 14.0. The van der Waals surface area contributed by atoms with Gasteiger partial charge in [-0.3, -0.25) is 18.6 Å². The van der Waals surface area contributed by atoms with Gasteiger partial charge in [0.05, 0.1) is 16.7 Å². The molecule has 146 valence electrons. The van der Waals surface area contributed by atoms with E-state index < -0.39 is 0 Å². The molecule has 8 nitrogen and oxygen atoms in total. The SMILES string of the molecule is C=CCn1c(=O)c2ccccc2n2c(SCC(=O)c3ccc(O)c(O)c3)nnc12. The average molecular weight is 408 g/mol. The van der Waals surface area contributed by atoms with Gasteiger partial charge >= 0.3 is 0 Å². The number of nitrogens with zero attached hydrogens (tertiary/aromatic N) is 4. The third-order valence-corrected chi connectivity index (χ3v) is 5.35. The number of allylic oxidation sites excluding steroid dienone is 1. The molecule has 0 saturated heterocycles. The summed E-state index contributed by atoms with van der Waals surface area (Å²) in [5.41, 5.74) is 0.734. The van der Waals surface area contributed by atoms with Crippen molar-refractivity contribution in [2.45, 2.75) is 11.7 Å². The van der Waals surface area contributed by atoms with Crippen LogP contribution in [-0.4, -0.2) is 40.9 Å². The van der Waals surface area contributed by atoms with Crippen LogP contribution in [0.5, 0.6) is 11.5 Å². The van der Waals surface area contributed by atoms with Crippen LogP contribution in [0.3, 0.4) is 0 Å². The summed E-state index contributed by atoms with van der Waals surface area (Å²) < 4.78 is 3.22. The summed E-state index contributed by atoms with van der Waals surface area (Å²) >= 11 is 1.17. The Labute approximate surface area is 168 Å². The molecule has 2 heterocycles. The number of carbonyl (C=O) groups is 1. The smallest absolute Gasteiger partial charge is 0.263 e. The molecular formula is C20H16N4O4S. The summed E-state index contributed by atoms with van der Waals surface area (Å²) in [6.45, 7) is 3.97. The first-order valence-corrected chi connectivity index (χ1v) is 9.65. The lowest BCUT2D eigenvalue weighted by Crippen LogP contribution is -2.22. The van der Waals surface area contributed by atoms with E-state index in [2.05, 4.69) is 16.8 Å². The molecule has 0 fully saturated rings. The predicted molar refractivity (Wildman–Crippen MR) is 110 cm³/mol. The second kappa shape index (κ2) is 7.44. The van der Waals surface area contributed by atoms with Crippen molar-refractivity contribution in [1.29, 1.82) is 0 Å². The van der Waals surface area contributed by atoms with Crippen molar-refractivity contribution in [1.82, 2.24) is 19.2 Å². The molecule has 29 heavy (non-hydrogen) atoms. The van der Waals surface area contributed by atoms with Gasteiger partial charge in [-0.2, -0.15) is 0 Å². The van der Waals surface area contributed by atoms with Gasteiger partial charge < -0.3 is 10.2 Å². The molecule has 0 saturated carbocycles. The van der Waals surface area contributed by atoms with Crippen molar-refractivity contribution in [3.8, 4) is 11.5 Å². The molecule has 0 amide bonds. The number of ketones is 1.